The molecule has 0 bridgehead atoms. The van der Waals surface area contributed by atoms with E-state index in [1.165, 1.54) is 12.1 Å². The molecule has 0 saturated heterocycles. The van der Waals surface area contributed by atoms with Gasteiger partial charge in [0.1, 0.15) is 5.02 Å². The molecular formula is C19H14ClN3O4. The zero-order chi connectivity index (χ0) is 19.1. The van der Waals surface area contributed by atoms with Crippen molar-refractivity contribution >= 4 is 39.8 Å². The van der Waals surface area contributed by atoms with Crippen molar-refractivity contribution in [3.63, 3.8) is 0 Å². The number of aryl methyl sites for hydroxylation is 1. The van der Waals surface area contributed by atoms with Crippen LogP contribution in [0.4, 0.5) is 11.4 Å². The lowest BCUT2D eigenvalue weighted by Crippen LogP contribution is -2.14. The number of hydrogen-bond acceptors (Lipinski definition) is 4. The first-order chi connectivity index (χ1) is 12.9. The molecule has 136 valence electrons. The predicted octanol–water partition coefficient (Wildman–Crippen LogP) is 3.83. The summed E-state index contributed by atoms with van der Waals surface area (Å²) < 4.78 is 0. The van der Waals surface area contributed by atoms with Gasteiger partial charge >= 0.3 is 0 Å². The number of carbonyl (C=O) groups is 1. The Hall–Kier alpha value is -3.19. The average molecular weight is 384 g/mol. The van der Waals surface area contributed by atoms with Gasteiger partial charge in [0, 0.05) is 28.3 Å². The van der Waals surface area contributed by atoms with Crippen molar-refractivity contribution in [2.75, 3.05) is 5.32 Å². The molecule has 7 nitrogen and oxygen atoms in total. The van der Waals surface area contributed by atoms with Crippen molar-refractivity contribution in [2.24, 2.45) is 0 Å². The number of hydrogen-bond donors (Lipinski definition) is 2. The normalized spacial score (nSPS) is 12.8. The van der Waals surface area contributed by atoms with E-state index in [9.17, 15) is 19.7 Å². The number of aromatic nitrogens is 1. The van der Waals surface area contributed by atoms with Crippen molar-refractivity contribution in [1.82, 2.24) is 4.98 Å². The van der Waals surface area contributed by atoms with E-state index in [1.54, 1.807) is 12.1 Å². The van der Waals surface area contributed by atoms with Crippen LogP contribution in [0.25, 0.3) is 10.9 Å². The first kappa shape index (κ1) is 17.2. The Balaban J connectivity index is 1.67. The number of nitro benzene ring substituents is 1. The van der Waals surface area contributed by atoms with Crippen LogP contribution in [0.2, 0.25) is 5.02 Å². The molecule has 0 fully saturated rings. The summed E-state index contributed by atoms with van der Waals surface area (Å²) in [6.07, 6.45) is 2.62. The maximum absolute atomic E-state index is 12.4. The molecule has 1 heterocycles. The first-order valence-corrected chi connectivity index (χ1v) is 8.75. The fourth-order valence-electron chi connectivity index (χ4n) is 3.47. The standard InChI is InChI=1S/C19H14ClN3O4/c20-15-7-4-10(8-17(15)23(26)27)18(24)21-11-5-6-13-12-2-1-3-14(12)19(25)22-16(13)9-11/h4-9H,1-3H2,(H,21,24)(H,22,25). The zero-order valence-electron chi connectivity index (χ0n) is 14.0. The maximum Gasteiger partial charge on any atom is 0.288 e. The number of fused-ring (bicyclic) bond motifs is 3. The van der Waals surface area contributed by atoms with Crippen molar-refractivity contribution in [3.05, 3.63) is 78.6 Å². The lowest BCUT2D eigenvalue weighted by Gasteiger charge is -2.09. The molecule has 0 spiro atoms. The van der Waals surface area contributed by atoms with E-state index in [0.717, 1.165) is 41.8 Å². The highest BCUT2D eigenvalue weighted by atomic mass is 35.5. The van der Waals surface area contributed by atoms with Gasteiger partial charge in [-0.2, -0.15) is 0 Å². The number of amides is 1. The minimum Gasteiger partial charge on any atom is -0.322 e. The lowest BCUT2D eigenvalue weighted by molar-refractivity contribution is -0.384. The number of nitro groups is 1. The van der Waals surface area contributed by atoms with Crippen LogP contribution < -0.4 is 10.9 Å². The van der Waals surface area contributed by atoms with Gasteiger partial charge in [-0.25, -0.2) is 0 Å². The van der Waals surface area contributed by atoms with Gasteiger partial charge in [-0.15, -0.1) is 0 Å². The highest BCUT2D eigenvalue weighted by molar-refractivity contribution is 6.32. The van der Waals surface area contributed by atoms with Crippen molar-refractivity contribution in [1.29, 1.82) is 0 Å². The van der Waals surface area contributed by atoms with Crippen molar-refractivity contribution < 1.29 is 9.72 Å². The Kier molecular flexibility index (Phi) is 4.16. The van der Waals surface area contributed by atoms with Crippen molar-refractivity contribution in [2.45, 2.75) is 19.3 Å². The van der Waals surface area contributed by atoms with Gasteiger partial charge in [-0.3, -0.25) is 19.7 Å². The fraction of sp³-hybridized carbons (Fsp3) is 0.158. The first-order valence-electron chi connectivity index (χ1n) is 8.37. The van der Waals surface area contributed by atoms with Crippen LogP contribution in [0, 0.1) is 10.1 Å². The molecule has 2 aromatic carbocycles. The summed E-state index contributed by atoms with van der Waals surface area (Å²) in [7, 11) is 0. The molecule has 0 saturated carbocycles. The highest BCUT2D eigenvalue weighted by Gasteiger charge is 2.19. The summed E-state index contributed by atoms with van der Waals surface area (Å²) in [5, 5.41) is 14.6. The summed E-state index contributed by atoms with van der Waals surface area (Å²) >= 11 is 5.78. The number of halogens is 1. The van der Waals surface area contributed by atoms with Gasteiger partial charge in [0.15, 0.2) is 0 Å². The third-order valence-corrected chi connectivity index (χ3v) is 5.07. The van der Waals surface area contributed by atoms with Crippen LogP contribution in [0.5, 0.6) is 0 Å². The van der Waals surface area contributed by atoms with E-state index in [1.807, 2.05) is 6.07 Å². The van der Waals surface area contributed by atoms with Crippen molar-refractivity contribution in [3.8, 4) is 0 Å². The number of benzene rings is 2. The molecule has 1 aliphatic carbocycles. The van der Waals surface area contributed by atoms with E-state index in [4.69, 9.17) is 11.6 Å². The quantitative estimate of drug-likeness (QED) is 0.529. The molecule has 2 N–H and O–H groups in total. The number of H-pyrrole nitrogens is 1. The Morgan fingerprint density at radius 3 is 2.70 bits per heavy atom. The number of pyridine rings is 1. The second-order valence-corrected chi connectivity index (χ2v) is 6.81. The monoisotopic (exact) mass is 383 g/mol. The Morgan fingerprint density at radius 2 is 1.93 bits per heavy atom. The van der Waals surface area contributed by atoms with Crippen LogP contribution in [-0.4, -0.2) is 15.8 Å². The van der Waals surface area contributed by atoms with Gasteiger partial charge in [-0.1, -0.05) is 17.7 Å². The molecular weight excluding hydrogens is 370 g/mol. The summed E-state index contributed by atoms with van der Waals surface area (Å²) in [6.45, 7) is 0. The Bertz CT molecular complexity index is 1170. The Morgan fingerprint density at radius 1 is 1.15 bits per heavy atom. The zero-order valence-corrected chi connectivity index (χ0v) is 14.8. The number of nitrogens with zero attached hydrogens (tertiary/aromatic N) is 1. The van der Waals surface area contributed by atoms with Gasteiger partial charge in [0.25, 0.3) is 17.2 Å². The van der Waals surface area contributed by atoms with E-state index in [-0.39, 0.29) is 21.8 Å². The molecule has 1 aromatic heterocycles. The average Bonchev–Trinajstić information content (AvgIpc) is 3.12. The highest BCUT2D eigenvalue weighted by Crippen LogP contribution is 2.28. The molecule has 1 amide bonds. The van der Waals surface area contributed by atoms with Crippen LogP contribution in [0.15, 0.2) is 41.2 Å². The summed E-state index contributed by atoms with van der Waals surface area (Å²) in [4.78, 5) is 37.8. The third kappa shape index (κ3) is 3.06. The molecule has 0 atom stereocenters. The Labute approximate surface area is 158 Å². The number of nitrogens with one attached hydrogen (secondary N) is 2. The molecule has 4 rings (SSSR count). The molecule has 27 heavy (non-hydrogen) atoms. The molecule has 1 aliphatic rings. The van der Waals surface area contributed by atoms with E-state index in [0.29, 0.717) is 11.2 Å². The molecule has 3 aromatic rings. The summed E-state index contributed by atoms with van der Waals surface area (Å²) in [5.74, 6) is -0.502. The van der Waals surface area contributed by atoms with E-state index < -0.39 is 10.8 Å². The van der Waals surface area contributed by atoms with Crippen LogP contribution in [0.3, 0.4) is 0 Å². The van der Waals surface area contributed by atoms with Gasteiger partial charge < -0.3 is 10.3 Å². The number of rotatable bonds is 3. The minimum absolute atomic E-state index is 0.0336. The van der Waals surface area contributed by atoms with Crippen LogP contribution >= 0.6 is 11.6 Å². The topological polar surface area (TPSA) is 105 Å². The molecule has 8 heteroatoms. The SMILES string of the molecule is O=C(Nc1ccc2c3c(c(=O)[nH]c2c1)CCC3)c1ccc(Cl)c([N+](=O)[O-])c1. The second-order valence-electron chi connectivity index (χ2n) is 6.40. The molecule has 0 aliphatic heterocycles. The van der Waals surface area contributed by atoms with E-state index >= 15 is 0 Å². The van der Waals surface area contributed by atoms with Crippen LogP contribution in [-0.2, 0) is 12.8 Å². The van der Waals surface area contributed by atoms with Crippen LogP contribution in [0.1, 0.15) is 27.9 Å². The number of anilines is 1. The number of carbonyl (C=O) groups excluding carboxylic acids is 1. The third-order valence-electron chi connectivity index (χ3n) is 4.75. The largest absolute Gasteiger partial charge is 0.322 e. The number of aromatic amines is 1. The molecule has 0 unspecified atom stereocenters. The predicted molar refractivity (Wildman–Crippen MR) is 103 cm³/mol. The van der Waals surface area contributed by atoms with Gasteiger partial charge in [0.2, 0.25) is 0 Å². The second kappa shape index (κ2) is 6.51. The minimum atomic E-state index is -0.638. The summed E-state index contributed by atoms with van der Waals surface area (Å²) in [5.41, 5.74) is 2.75. The fourth-order valence-corrected chi connectivity index (χ4v) is 3.66. The smallest absolute Gasteiger partial charge is 0.288 e. The molecule has 0 radical (unpaired) electrons. The summed E-state index contributed by atoms with van der Waals surface area (Å²) in [6, 6.07) is 9.18. The van der Waals surface area contributed by atoms with Gasteiger partial charge in [0.05, 0.1) is 10.4 Å². The maximum atomic E-state index is 12.4. The lowest BCUT2D eigenvalue weighted by atomic mass is 10.1. The van der Waals surface area contributed by atoms with Gasteiger partial charge in [-0.05, 0) is 49.1 Å². The van der Waals surface area contributed by atoms with E-state index in [2.05, 4.69) is 10.3 Å².